The van der Waals surface area contributed by atoms with Crippen LogP contribution in [0.4, 0.5) is 5.82 Å². The quantitative estimate of drug-likeness (QED) is 0.611. The van der Waals surface area contributed by atoms with Crippen LogP contribution in [0.2, 0.25) is 0 Å². The second-order valence-corrected chi connectivity index (χ2v) is 6.18. The van der Waals surface area contributed by atoms with Crippen molar-refractivity contribution in [3.8, 4) is 0 Å². The molecule has 1 aliphatic rings. The third-order valence-electron chi connectivity index (χ3n) is 4.53. The summed E-state index contributed by atoms with van der Waals surface area (Å²) in [7, 11) is 0. The highest BCUT2D eigenvalue weighted by Gasteiger charge is 2.18. The molecule has 7 nitrogen and oxygen atoms in total. The fourth-order valence-corrected chi connectivity index (χ4v) is 3.22. The monoisotopic (exact) mass is 354 g/mol. The Balaban J connectivity index is 1.42. The van der Waals surface area contributed by atoms with E-state index >= 15 is 0 Å². The largest absolute Gasteiger partial charge is 0.307 e. The molecule has 7 heteroatoms. The summed E-state index contributed by atoms with van der Waals surface area (Å²) >= 11 is 0. The number of fused-ring (bicyclic) bond motifs is 2. The lowest BCUT2D eigenvalue weighted by Gasteiger charge is -2.09. The molecule has 0 saturated heterocycles. The van der Waals surface area contributed by atoms with Crippen LogP contribution in [0.1, 0.15) is 27.2 Å². The molecule has 0 atom stereocenters. The smallest absolute Gasteiger partial charge is 0.256 e. The van der Waals surface area contributed by atoms with Crippen molar-refractivity contribution in [2.45, 2.75) is 6.42 Å². The molecule has 1 N–H and O–H groups in total. The first-order valence-electron chi connectivity index (χ1n) is 8.49. The van der Waals surface area contributed by atoms with E-state index in [1.807, 2.05) is 30.5 Å². The number of aromatic nitrogens is 5. The van der Waals surface area contributed by atoms with Crippen molar-refractivity contribution in [2.24, 2.45) is 0 Å². The zero-order valence-corrected chi connectivity index (χ0v) is 14.2. The van der Waals surface area contributed by atoms with E-state index in [9.17, 15) is 4.79 Å². The first-order valence-corrected chi connectivity index (χ1v) is 8.49. The summed E-state index contributed by atoms with van der Waals surface area (Å²) < 4.78 is 1.75. The minimum absolute atomic E-state index is 0.201. The van der Waals surface area contributed by atoms with Gasteiger partial charge in [-0.05, 0) is 42.0 Å². The Morgan fingerprint density at radius 3 is 2.85 bits per heavy atom. The normalized spacial score (nSPS) is 12.7. The van der Waals surface area contributed by atoms with Crippen molar-refractivity contribution in [2.75, 3.05) is 5.32 Å². The van der Waals surface area contributed by atoms with E-state index in [0.29, 0.717) is 11.4 Å². The Kier molecular flexibility index (Phi) is 3.50. The average Bonchev–Trinajstić information content (AvgIpc) is 3.34. The highest BCUT2D eigenvalue weighted by molar-refractivity contribution is 6.03. The van der Waals surface area contributed by atoms with Crippen molar-refractivity contribution < 1.29 is 4.79 Å². The van der Waals surface area contributed by atoms with Gasteiger partial charge >= 0.3 is 0 Å². The number of nitrogens with one attached hydrogen (secondary N) is 1. The predicted molar refractivity (Wildman–Crippen MR) is 100 cm³/mol. The zero-order chi connectivity index (χ0) is 18.2. The first-order chi connectivity index (χ1) is 13.3. The van der Waals surface area contributed by atoms with E-state index < -0.39 is 0 Å². The van der Waals surface area contributed by atoms with E-state index in [2.05, 4.69) is 31.4 Å². The Morgan fingerprint density at radius 2 is 1.96 bits per heavy atom. The van der Waals surface area contributed by atoms with Gasteiger partial charge in [-0.2, -0.15) is 5.10 Å². The van der Waals surface area contributed by atoms with Crippen LogP contribution >= 0.6 is 0 Å². The maximum absolute atomic E-state index is 12.3. The van der Waals surface area contributed by atoms with Crippen molar-refractivity contribution in [3.63, 3.8) is 0 Å². The van der Waals surface area contributed by atoms with Gasteiger partial charge in [-0.1, -0.05) is 6.08 Å². The summed E-state index contributed by atoms with van der Waals surface area (Å²) in [5.74, 6) is 0.338. The topological polar surface area (TPSA) is 85.1 Å². The second kappa shape index (κ2) is 6.14. The molecular weight excluding hydrogens is 340 g/mol. The number of allylic oxidation sites excluding steroid dienone is 1. The Morgan fingerprint density at radius 1 is 1.07 bits per heavy atom. The highest BCUT2D eigenvalue weighted by Crippen LogP contribution is 2.32. The lowest BCUT2D eigenvalue weighted by molar-refractivity contribution is 0.102. The zero-order valence-electron chi connectivity index (χ0n) is 14.2. The molecule has 0 saturated carbocycles. The molecule has 0 spiro atoms. The molecule has 1 aliphatic carbocycles. The van der Waals surface area contributed by atoms with Crippen molar-refractivity contribution in [3.05, 3.63) is 89.8 Å². The fraction of sp³-hybridized carbons (Fsp3) is 0.0500. The molecule has 130 valence electrons. The number of anilines is 1. The van der Waals surface area contributed by atoms with Gasteiger partial charge in [0.2, 0.25) is 0 Å². The van der Waals surface area contributed by atoms with Crippen LogP contribution in [-0.4, -0.2) is 30.5 Å². The van der Waals surface area contributed by atoms with E-state index in [1.165, 1.54) is 6.33 Å². The Labute approximate surface area is 154 Å². The van der Waals surface area contributed by atoms with E-state index in [4.69, 9.17) is 0 Å². The van der Waals surface area contributed by atoms with Crippen LogP contribution in [0.15, 0.2) is 67.4 Å². The van der Waals surface area contributed by atoms with Gasteiger partial charge in [0.25, 0.3) is 5.91 Å². The molecule has 5 rings (SSSR count). The summed E-state index contributed by atoms with van der Waals surface area (Å²) in [4.78, 5) is 25.0. The maximum Gasteiger partial charge on any atom is 0.256 e. The lowest BCUT2D eigenvalue weighted by atomic mass is 10.0. The summed E-state index contributed by atoms with van der Waals surface area (Å²) in [6.07, 6.45) is 9.54. The number of carbonyl (C=O) groups excluding carboxylic acids is 1. The summed E-state index contributed by atoms with van der Waals surface area (Å²) in [5, 5.41) is 7.03. The minimum Gasteiger partial charge on any atom is -0.307 e. The van der Waals surface area contributed by atoms with Gasteiger partial charge in [0.05, 0.1) is 5.69 Å². The van der Waals surface area contributed by atoms with Crippen LogP contribution in [0.25, 0.3) is 11.2 Å². The molecule has 0 radical (unpaired) electrons. The number of rotatable bonds is 3. The Hall–Kier alpha value is -3.87. The molecule has 0 aromatic carbocycles. The van der Waals surface area contributed by atoms with Gasteiger partial charge in [0, 0.05) is 41.7 Å². The number of hydrogen-bond donors (Lipinski definition) is 1. The van der Waals surface area contributed by atoms with Gasteiger partial charge in [-0.3, -0.25) is 9.78 Å². The number of hydrogen-bond acceptors (Lipinski definition) is 5. The minimum atomic E-state index is -0.201. The third-order valence-corrected chi connectivity index (χ3v) is 4.53. The molecule has 0 aliphatic heterocycles. The van der Waals surface area contributed by atoms with E-state index in [1.54, 1.807) is 29.0 Å². The summed E-state index contributed by atoms with van der Waals surface area (Å²) in [5.41, 5.74) is 5.54. The molecule has 4 aromatic heterocycles. The molecule has 0 unspecified atom stereocenters. The van der Waals surface area contributed by atoms with Crippen molar-refractivity contribution in [1.29, 1.82) is 0 Å². The van der Waals surface area contributed by atoms with Crippen LogP contribution in [0.5, 0.6) is 0 Å². The summed E-state index contributed by atoms with van der Waals surface area (Å²) in [6, 6.07) is 11.1. The number of amides is 1. The average molecular weight is 354 g/mol. The second-order valence-electron chi connectivity index (χ2n) is 6.18. The molecule has 0 fully saturated rings. The Bertz CT molecular complexity index is 1200. The van der Waals surface area contributed by atoms with E-state index in [0.717, 1.165) is 34.5 Å². The molecule has 1 amide bonds. The van der Waals surface area contributed by atoms with Gasteiger partial charge in [-0.25, -0.2) is 14.5 Å². The molecular formula is C20H14N6O. The van der Waals surface area contributed by atoms with Gasteiger partial charge in [0.1, 0.15) is 12.1 Å². The van der Waals surface area contributed by atoms with E-state index in [-0.39, 0.29) is 5.91 Å². The van der Waals surface area contributed by atoms with Crippen molar-refractivity contribution in [1.82, 2.24) is 24.6 Å². The first kappa shape index (κ1) is 15.4. The third kappa shape index (κ3) is 2.75. The number of pyridine rings is 3. The predicted octanol–water partition coefficient (Wildman–Crippen LogP) is 2.76. The number of carbonyl (C=O) groups is 1. The number of nitrogens with zero attached hydrogens (tertiary/aromatic N) is 5. The van der Waals surface area contributed by atoms with Crippen LogP contribution in [-0.2, 0) is 6.42 Å². The van der Waals surface area contributed by atoms with Crippen LogP contribution < -0.4 is 5.32 Å². The highest BCUT2D eigenvalue weighted by atomic mass is 16.1. The lowest BCUT2D eigenvalue weighted by Crippen LogP contribution is -2.13. The van der Waals surface area contributed by atoms with Crippen LogP contribution in [0.3, 0.4) is 0 Å². The van der Waals surface area contributed by atoms with Gasteiger partial charge < -0.3 is 5.32 Å². The fourth-order valence-electron chi connectivity index (χ4n) is 3.22. The summed E-state index contributed by atoms with van der Waals surface area (Å²) in [6.45, 7) is 0. The standard InChI is InChI=1S/C20H14N6O/c27-20(13-7-9-21-10-8-13)25-18-5-3-16-15(2-4-17(16)24-18)14-1-6-19-22-12-23-26(19)11-14/h1-3,5-12H,4H2,(H,24,25,27). The molecule has 4 heterocycles. The van der Waals surface area contributed by atoms with Gasteiger partial charge in [-0.15, -0.1) is 0 Å². The molecule has 27 heavy (non-hydrogen) atoms. The van der Waals surface area contributed by atoms with Gasteiger partial charge in [0.15, 0.2) is 5.65 Å². The SMILES string of the molecule is O=C(Nc1ccc2c(n1)CC=C2c1ccc2ncnn2c1)c1ccncc1. The molecule has 0 bridgehead atoms. The van der Waals surface area contributed by atoms with Crippen molar-refractivity contribution >= 4 is 22.9 Å². The maximum atomic E-state index is 12.3. The van der Waals surface area contributed by atoms with Crippen LogP contribution in [0, 0.1) is 0 Å². The molecule has 4 aromatic rings.